The monoisotopic (exact) mass is 429 g/mol. The van der Waals surface area contributed by atoms with Gasteiger partial charge in [-0.3, -0.25) is 4.79 Å². The van der Waals surface area contributed by atoms with Gasteiger partial charge >= 0.3 is 0 Å². The summed E-state index contributed by atoms with van der Waals surface area (Å²) in [4.78, 5) is 17.9. The van der Waals surface area contributed by atoms with Gasteiger partial charge in [0.25, 0.3) is 0 Å². The smallest absolute Gasteiger partial charge is 0.243 e. The van der Waals surface area contributed by atoms with Crippen molar-refractivity contribution in [2.75, 3.05) is 17.3 Å². The number of fused-ring (bicyclic) bond motifs is 1. The van der Waals surface area contributed by atoms with Crippen LogP contribution in [0, 0.1) is 0 Å². The van der Waals surface area contributed by atoms with Gasteiger partial charge in [0.1, 0.15) is 9.84 Å². The maximum absolute atomic E-state index is 12.2. The summed E-state index contributed by atoms with van der Waals surface area (Å²) in [5.74, 6) is -0.0154. The highest BCUT2D eigenvalue weighted by molar-refractivity contribution is 7.90. The fourth-order valence-electron chi connectivity index (χ4n) is 3.11. The Labute approximate surface area is 169 Å². The standard InChI is InChI=1S/C18H23N3O3S2.ClH/c1-26(23,24)10-9-14(19)17(22)21-18-20-15-8-7-13(11-16(15)25-18)12-5-3-2-4-6-12;/h2-6,13-14H,7-11,19H2,1H3,(H,20,21,22);1H. The third-order valence-corrected chi connectivity index (χ3v) is 6.59. The molecule has 148 valence electrons. The fraction of sp³-hybridized carbons (Fsp3) is 0.444. The van der Waals surface area contributed by atoms with Crippen molar-refractivity contribution in [3.63, 3.8) is 0 Å². The van der Waals surface area contributed by atoms with Crippen LogP contribution in [0.25, 0.3) is 0 Å². The Morgan fingerprint density at radius 3 is 2.74 bits per heavy atom. The minimum atomic E-state index is -3.13. The molecule has 1 amide bonds. The van der Waals surface area contributed by atoms with Crippen molar-refractivity contribution in [2.45, 2.75) is 37.6 Å². The van der Waals surface area contributed by atoms with E-state index in [1.165, 1.54) is 21.8 Å². The third kappa shape index (κ3) is 6.00. The van der Waals surface area contributed by atoms with Crippen molar-refractivity contribution in [1.82, 2.24) is 4.98 Å². The Hall–Kier alpha value is -1.48. The number of carbonyl (C=O) groups excluding carboxylic acids is 1. The number of hydrogen-bond donors (Lipinski definition) is 2. The number of nitrogens with one attached hydrogen (secondary N) is 1. The largest absolute Gasteiger partial charge is 0.320 e. The van der Waals surface area contributed by atoms with E-state index in [2.05, 4.69) is 34.6 Å². The highest BCUT2D eigenvalue weighted by Crippen LogP contribution is 2.36. The molecular weight excluding hydrogens is 406 g/mol. The molecule has 27 heavy (non-hydrogen) atoms. The quantitative estimate of drug-likeness (QED) is 0.734. The molecule has 0 saturated heterocycles. The number of aromatic nitrogens is 1. The predicted molar refractivity (Wildman–Crippen MR) is 112 cm³/mol. The number of sulfone groups is 1. The van der Waals surface area contributed by atoms with Gasteiger partial charge in [0.2, 0.25) is 5.91 Å². The third-order valence-electron chi connectivity index (χ3n) is 4.58. The number of carbonyl (C=O) groups is 1. The number of thiazole rings is 1. The molecule has 1 aliphatic rings. The van der Waals surface area contributed by atoms with E-state index in [1.54, 1.807) is 0 Å². The van der Waals surface area contributed by atoms with Crippen LogP contribution in [0.5, 0.6) is 0 Å². The van der Waals surface area contributed by atoms with Gasteiger partial charge in [-0.1, -0.05) is 30.3 Å². The second-order valence-electron chi connectivity index (χ2n) is 6.75. The number of benzene rings is 1. The van der Waals surface area contributed by atoms with E-state index in [9.17, 15) is 13.2 Å². The molecule has 0 radical (unpaired) electrons. The highest BCUT2D eigenvalue weighted by atomic mass is 35.5. The number of halogens is 1. The zero-order valence-corrected chi connectivity index (χ0v) is 17.5. The van der Waals surface area contributed by atoms with Crippen molar-refractivity contribution in [3.05, 3.63) is 46.5 Å². The summed E-state index contributed by atoms with van der Waals surface area (Å²) in [6.07, 6.45) is 4.10. The van der Waals surface area contributed by atoms with E-state index in [4.69, 9.17) is 5.73 Å². The lowest BCUT2D eigenvalue weighted by atomic mass is 9.85. The molecule has 1 aliphatic carbocycles. The van der Waals surface area contributed by atoms with Gasteiger partial charge in [0, 0.05) is 11.1 Å². The first-order valence-electron chi connectivity index (χ1n) is 8.59. The Morgan fingerprint density at radius 1 is 1.37 bits per heavy atom. The van der Waals surface area contributed by atoms with Gasteiger partial charge in [-0.25, -0.2) is 13.4 Å². The summed E-state index contributed by atoms with van der Waals surface area (Å²) in [5, 5.41) is 3.28. The molecule has 2 unspecified atom stereocenters. The van der Waals surface area contributed by atoms with Gasteiger partial charge < -0.3 is 11.1 Å². The lowest BCUT2D eigenvalue weighted by Crippen LogP contribution is -2.37. The summed E-state index contributed by atoms with van der Waals surface area (Å²) in [6.45, 7) is 0. The van der Waals surface area contributed by atoms with E-state index in [-0.39, 0.29) is 30.5 Å². The number of rotatable bonds is 6. The fourth-order valence-corrected chi connectivity index (χ4v) is 4.88. The molecule has 1 aromatic carbocycles. The van der Waals surface area contributed by atoms with Crippen LogP contribution in [0.3, 0.4) is 0 Å². The van der Waals surface area contributed by atoms with E-state index >= 15 is 0 Å². The number of nitrogens with zero attached hydrogens (tertiary/aromatic N) is 1. The van der Waals surface area contributed by atoms with Crippen LogP contribution in [-0.4, -0.2) is 37.4 Å². The first-order valence-corrected chi connectivity index (χ1v) is 11.5. The number of hydrogen-bond acceptors (Lipinski definition) is 6. The number of aryl methyl sites for hydroxylation is 1. The second-order valence-corrected chi connectivity index (χ2v) is 10.1. The summed E-state index contributed by atoms with van der Waals surface area (Å²) in [7, 11) is -3.13. The van der Waals surface area contributed by atoms with Gasteiger partial charge in [-0.05, 0) is 37.2 Å². The average molecular weight is 430 g/mol. The minimum Gasteiger partial charge on any atom is -0.320 e. The average Bonchev–Trinajstić information content (AvgIpc) is 3.01. The van der Waals surface area contributed by atoms with Crippen molar-refractivity contribution < 1.29 is 13.2 Å². The molecule has 0 spiro atoms. The highest BCUT2D eigenvalue weighted by Gasteiger charge is 2.25. The second kappa shape index (κ2) is 9.14. The topological polar surface area (TPSA) is 102 Å². The molecule has 6 nitrogen and oxygen atoms in total. The summed E-state index contributed by atoms with van der Waals surface area (Å²) < 4.78 is 22.4. The molecule has 0 bridgehead atoms. The number of amides is 1. The SMILES string of the molecule is CS(=O)(=O)CCC(N)C(=O)Nc1nc2c(s1)CC(c1ccccc1)CC2.Cl. The van der Waals surface area contributed by atoms with E-state index in [1.807, 2.05) is 6.07 Å². The lowest BCUT2D eigenvalue weighted by molar-refractivity contribution is -0.117. The molecule has 9 heteroatoms. The van der Waals surface area contributed by atoms with Crippen LogP contribution in [0.4, 0.5) is 5.13 Å². The minimum absolute atomic E-state index is 0. The Balaban J connectivity index is 0.00000261. The van der Waals surface area contributed by atoms with Crippen LogP contribution in [0.15, 0.2) is 30.3 Å². The molecule has 0 aliphatic heterocycles. The van der Waals surface area contributed by atoms with E-state index in [0.717, 1.165) is 31.2 Å². The lowest BCUT2D eigenvalue weighted by Gasteiger charge is -2.21. The summed E-state index contributed by atoms with van der Waals surface area (Å²) >= 11 is 1.49. The first-order chi connectivity index (χ1) is 12.3. The van der Waals surface area contributed by atoms with Crippen LogP contribution in [0.2, 0.25) is 0 Å². The van der Waals surface area contributed by atoms with Crippen molar-refractivity contribution >= 4 is 44.6 Å². The van der Waals surface area contributed by atoms with E-state index < -0.39 is 15.9 Å². The van der Waals surface area contributed by atoms with Crippen molar-refractivity contribution in [2.24, 2.45) is 5.73 Å². The zero-order valence-electron chi connectivity index (χ0n) is 15.1. The van der Waals surface area contributed by atoms with Gasteiger partial charge in [-0.15, -0.1) is 23.7 Å². The maximum atomic E-state index is 12.2. The summed E-state index contributed by atoms with van der Waals surface area (Å²) in [5.41, 5.74) is 8.17. The molecule has 1 heterocycles. The van der Waals surface area contributed by atoms with Crippen molar-refractivity contribution in [3.8, 4) is 0 Å². The molecule has 2 aromatic rings. The molecule has 0 fully saturated rings. The van der Waals surface area contributed by atoms with Crippen molar-refractivity contribution in [1.29, 1.82) is 0 Å². The van der Waals surface area contributed by atoms with Crippen LogP contribution in [0.1, 0.15) is 34.9 Å². The zero-order chi connectivity index (χ0) is 18.7. The van der Waals surface area contributed by atoms with E-state index in [0.29, 0.717) is 11.0 Å². The Bertz CT molecular complexity index is 885. The number of nitrogens with two attached hydrogens (primary N) is 1. The van der Waals surface area contributed by atoms with Gasteiger partial charge in [0.05, 0.1) is 17.5 Å². The van der Waals surface area contributed by atoms with Gasteiger partial charge in [0.15, 0.2) is 5.13 Å². The molecule has 3 rings (SSSR count). The molecule has 2 atom stereocenters. The predicted octanol–water partition coefficient (Wildman–Crippen LogP) is 2.54. The molecule has 1 aromatic heterocycles. The molecule has 0 saturated carbocycles. The summed E-state index contributed by atoms with van der Waals surface area (Å²) in [6, 6.07) is 9.58. The normalized spacial score (nSPS) is 17.5. The molecule has 3 N–H and O–H groups in total. The van der Waals surface area contributed by atoms with Crippen LogP contribution in [-0.2, 0) is 27.5 Å². The number of anilines is 1. The Kier molecular flexibility index (Phi) is 7.39. The Morgan fingerprint density at radius 2 is 2.07 bits per heavy atom. The van der Waals surface area contributed by atoms with Gasteiger partial charge in [-0.2, -0.15) is 0 Å². The van der Waals surface area contributed by atoms with Crippen LogP contribution >= 0.6 is 23.7 Å². The first kappa shape index (κ1) is 21.8. The van der Waals surface area contributed by atoms with Crippen LogP contribution < -0.4 is 11.1 Å². The molecular formula is C18H24ClN3O3S2. The maximum Gasteiger partial charge on any atom is 0.243 e.